The van der Waals surface area contributed by atoms with Gasteiger partial charge in [-0.3, -0.25) is 0 Å². The molecule has 1 atom stereocenters. The van der Waals surface area contributed by atoms with Crippen LogP contribution in [0.25, 0.3) is 0 Å². The highest BCUT2D eigenvalue weighted by Crippen LogP contribution is 2.22. The fraction of sp³-hybridized carbons (Fsp3) is 0.250. The van der Waals surface area contributed by atoms with Crippen LogP contribution in [0.2, 0.25) is 0 Å². The Morgan fingerprint density at radius 1 is 1.00 bits per heavy atom. The molecule has 2 aromatic carbocycles. The minimum Gasteiger partial charge on any atom is -0.313 e. The van der Waals surface area contributed by atoms with Crippen LogP contribution in [-0.2, 0) is 6.42 Å². The Bertz CT molecular complexity index is 570. The lowest BCUT2D eigenvalue weighted by Gasteiger charge is -2.17. The predicted molar refractivity (Wildman–Crippen MR) is 73.0 cm³/mol. The molecule has 0 fully saturated rings. The highest BCUT2D eigenvalue weighted by molar-refractivity contribution is 5.27. The smallest absolute Gasteiger partial charge is 0.194 e. The van der Waals surface area contributed by atoms with E-state index in [4.69, 9.17) is 0 Å². The number of nitrogens with one attached hydrogen (secondary N) is 1. The molecule has 20 heavy (non-hydrogen) atoms. The van der Waals surface area contributed by atoms with Gasteiger partial charge in [0.05, 0.1) is 0 Å². The highest BCUT2D eigenvalue weighted by Gasteiger charge is 2.16. The molecule has 106 valence electrons. The first-order valence-corrected chi connectivity index (χ1v) is 6.38. The average Bonchev–Trinajstić information content (AvgIpc) is 2.43. The van der Waals surface area contributed by atoms with E-state index in [-0.39, 0.29) is 6.04 Å². The fourth-order valence-corrected chi connectivity index (χ4v) is 2.12. The summed E-state index contributed by atoms with van der Waals surface area (Å²) in [6.07, 6.45) is 0.571. The quantitative estimate of drug-likeness (QED) is 0.837. The lowest BCUT2D eigenvalue weighted by Crippen LogP contribution is -2.19. The van der Waals surface area contributed by atoms with Gasteiger partial charge in [0, 0.05) is 6.04 Å². The molecule has 2 aromatic rings. The summed E-state index contributed by atoms with van der Waals surface area (Å²) in [4.78, 5) is 0. The molecule has 0 saturated heterocycles. The van der Waals surface area contributed by atoms with Crippen molar-refractivity contribution in [3.8, 4) is 0 Å². The molecule has 1 unspecified atom stereocenters. The summed E-state index contributed by atoms with van der Waals surface area (Å²) in [5.41, 5.74) is 2.58. The highest BCUT2D eigenvalue weighted by atomic mass is 19.2. The second kappa shape index (κ2) is 6.09. The van der Waals surface area contributed by atoms with E-state index in [1.807, 2.05) is 31.2 Å². The van der Waals surface area contributed by atoms with Crippen molar-refractivity contribution >= 4 is 0 Å². The van der Waals surface area contributed by atoms with Gasteiger partial charge >= 0.3 is 0 Å². The molecule has 1 N–H and O–H groups in total. The molecule has 0 bridgehead atoms. The van der Waals surface area contributed by atoms with Gasteiger partial charge in [-0.15, -0.1) is 0 Å². The largest absolute Gasteiger partial charge is 0.313 e. The monoisotopic (exact) mass is 279 g/mol. The Balaban J connectivity index is 2.26. The number of rotatable bonds is 4. The van der Waals surface area contributed by atoms with E-state index in [2.05, 4.69) is 5.32 Å². The Kier molecular flexibility index (Phi) is 4.45. The summed E-state index contributed by atoms with van der Waals surface area (Å²) in [6, 6.07) is 9.69. The van der Waals surface area contributed by atoms with Gasteiger partial charge in [0.25, 0.3) is 0 Å². The van der Waals surface area contributed by atoms with Crippen LogP contribution < -0.4 is 5.32 Å². The number of halogens is 3. The lowest BCUT2D eigenvalue weighted by molar-refractivity contribution is 0.441. The molecule has 0 amide bonds. The Morgan fingerprint density at radius 3 is 2.05 bits per heavy atom. The van der Waals surface area contributed by atoms with Gasteiger partial charge in [-0.25, -0.2) is 13.2 Å². The molecular weight excluding hydrogens is 263 g/mol. The molecule has 4 heteroatoms. The number of aryl methyl sites for hydroxylation is 1. The maximum Gasteiger partial charge on any atom is 0.194 e. The SMILES string of the molecule is CNC(Cc1ccc(C)cc1)c1cc(F)c(F)c(F)c1. The van der Waals surface area contributed by atoms with Crippen LogP contribution in [0.3, 0.4) is 0 Å². The van der Waals surface area contributed by atoms with Crippen LogP contribution in [0.15, 0.2) is 36.4 Å². The molecule has 0 aliphatic rings. The van der Waals surface area contributed by atoms with Crippen molar-refractivity contribution in [1.82, 2.24) is 5.32 Å². The van der Waals surface area contributed by atoms with Gasteiger partial charge in [-0.1, -0.05) is 29.8 Å². The summed E-state index contributed by atoms with van der Waals surface area (Å²) in [7, 11) is 1.71. The molecule has 0 saturated carbocycles. The van der Waals surface area contributed by atoms with Gasteiger partial charge in [0.15, 0.2) is 17.5 Å². The van der Waals surface area contributed by atoms with E-state index in [9.17, 15) is 13.2 Å². The molecule has 0 aliphatic heterocycles. The summed E-state index contributed by atoms with van der Waals surface area (Å²) in [5, 5.41) is 3.00. The van der Waals surface area contributed by atoms with E-state index < -0.39 is 17.5 Å². The van der Waals surface area contributed by atoms with E-state index in [0.717, 1.165) is 23.3 Å². The van der Waals surface area contributed by atoms with Crippen LogP contribution in [0.4, 0.5) is 13.2 Å². The van der Waals surface area contributed by atoms with E-state index in [1.165, 1.54) is 0 Å². The van der Waals surface area contributed by atoms with Crippen LogP contribution in [0.1, 0.15) is 22.7 Å². The van der Waals surface area contributed by atoms with Crippen LogP contribution >= 0.6 is 0 Å². The summed E-state index contributed by atoms with van der Waals surface area (Å²) in [5.74, 6) is -3.76. The van der Waals surface area contributed by atoms with Gasteiger partial charge in [-0.2, -0.15) is 0 Å². The number of hydrogen-bond acceptors (Lipinski definition) is 1. The lowest BCUT2D eigenvalue weighted by atomic mass is 9.98. The molecule has 2 rings (SSSR count). The van der Waals surface area contributed by atoms with E-state index in [0.29, 0.717) is 12.0 Å². The van der Waals surface area contributed by atoms with Crippen molar-refractivity contribution in [3.63, 3.8) is 0 Å². The minimum absolute atomic E-state index is 0.276. The van der Waals surface area contributed by atoms with Crippen molar-refractivity contribution in [2.75, 3.05) is 7.05 Å². The second-order valence-electron chi connectivity index (χ2n) is 4.83. The van der Waals surface area contributed by atoms with Crippen molar-refractivity contribution < 1.29 is 13.2 Å². The van der Waals surface area contributed by atoms with Crippen molar-refractivity contribution in [1.29, 1.82) is 0 Å². The standard InChI is InChI=1S/C16H16F3N/c1-10-3-5-11(6-4-10)7-15(20-2)12-8-13(17)16(19)14(18)9-12/h3-6,8-9,15,20H,7H2,1-2H3. The third-order valence-corrected chi connectivity index (χ3v) is 3.32. The van der Waals surface area contributed by atoms with Crippen molar-refractivity contribution in [2.24, 2.45) is 0 Å². The maximum absolute atomic E-state index is 13.3. The van der Waals surface area contributed by atoms with E-state index in [1.54, 1.807) is 7.05 Å². The predicted octanol–water partition coefficient (Wildman–Crippen LogP) is 3.92. The average molecular weight is 279 g/mol. The van der Waals surface area contributed by atoms with E-state index >= 15 is 0 Å². The molecule has 0 heterocycles. The Morgan fingerprint density at radius 2 is 1.55 bits per heavy atom. The summed E-state index contributed by atoms with van der Waals surface area (Å²) >= 11 is 0. The molecular formula is C16H16F3N. The zero-order valence-electron chi connectivity index (χ0n) is 11.4. The van der Waals surface area contributed by atoms with Crippen molar-refractivity contribution in [2.45, 2.75) is 19.4 Å². The normalized spacial score (nSPS) is 12.4. The first kappa shape index (κ1) is 14.6. The Labute approximate surface area is 116 Å². The zero-order valence-corrected chi connectivity index (χ0v) is 11.4. The molecule has 0 spiro atoms. The van der Waals surface area contributed by atoms with Gasteiger partial charge in [0.1, 0.15) is 0 Å². The Hall–Kier alpha value is -1.81. The van der Waals surface area contributed by atoms with Gasteiger partial charge in [0.2, 0.25) is 0 Å². The first-order chi connectivity index (χ1) is 9.51. The molecule has 0 radical (unpaired) electrons. The van der Waals surface area contributed by atoms with Crippen LogP contribution in [-0.4, -0.2) is 7.05 Å². The molecule has 0 aromatic heterocycles. The zero-order chi connectivity index (χ0) is 14.7. The summed E-state index contributed by atoms with van der Waals surface area (Å²) in [6.45, 7) is 1.99. The summed E-state index contributed by atoms with van der Waals surface area (Å²) < 4.78 is 39.6. The second-order valence-corrected chi connectivity index (χ2v) is 4.83. The maximum atomic E-state index is 13.3. The number of hydrogen-bond donors (Lipinski definition) is 1. The van der Waals surface area contributed by atoms with Crippen molar-refractivity contribution in [3.05, 3.63) is 70.5 Å². The topological polar surface area (TPSA) is 12.0 Å². The first-order valence-electron chi connectivity index (χ1n) is 6.38. The minimum atomic E-state index is -1.43. The van der Waals surface area contributed by atoms with Gasteiger partial charge in [-0.05, 0) is 43.7 Å². The molecule has 0 aliphatic carbocycles. The number of likely N-dealkylation sites (N-methyl/N-ethyl adjacent to an activating group) is 1. The molecule has 1 nitrogen and oxygen atoms in total. The fourth-order valence-electron chi connectivity index (χ4n) is 2.12. The van der Waals surface area contributed by atoms with Crippen LogP contribution in [0.5, 0.6) is 0 Å². The van der Waals surface area contributed by atoms with Crippen LogP contribution in [0, 0.1) is 24.4 Å². The third-order valence-electron chi connectivity index (χ3n) is 3.32. The number of benzene rings is 2. The third kappa shape index (κ3) is 3.20. The van der Waals surface area contributed by atoms with Gasteiger partial charge < -0.3 is 5.32 Å².